The maximum atomic E-state index is 11.2. The SMILES string of the molecule is CC(C)Oc1ccccc1CN1CCC[C@H]1C(=O)O. The van der Waals surface area contributed by atoms with E-state index in [1.165, 1.54) is 0 Å². The van der Waals surface area contributed by atoms with E-state index < -0.39 is 5.97 Å². The Morgan fingerprint density at radius 2 is 2.21 bits per heavy atom. The molecule has 0 saturated carbocycles. The molecule has 2 rings (SSSR count). The van der Waals surface area contributed by atoms with Crippen molar-refractivity contribution in [2.45, 2.75) is 45.4 Å². The number of aliphatic carboxylic acids is 1. The summed E-state index contributed by atoms with van der Waals surface area (Å²) in [5.74, 6) is 0.133. The van der Waals surface area contributed by atoms with Gasteiger partial charge in [0.15, 0.2) is 0 Å². The Bertz CT molecular complexity index is 445. The molecule has 1 fully saturated rings. The Kier molecular flexibility index (Phi) is 4.43. The molecule has 1 atom stereocenters. The van der Waals surface area contributed by atoms with Gasteiger partial charge in [0, 0.05) is 12.1 Å². The molecule has 1 heterocycles. The fourth-order valence-corrected chi connectivity index (χ4v) is 2.52. The number of carbonyl (C=O) groups is 1. The van der Waals surface area contributed by atoms with Crippen LogP contribution in [0.15, 0.2) is 24.3 Å². The molecule has 4 heteroatoms. The summed E-state index contributed by atoms with van der Waals surface area (Å²) in [4.78, 5) is 13.2. The predicted octanol–water partition coefficient (Wildman–Crippen LogP) is 2.52. The molecule has 1 saturated heterocycles. The molecule has 19 heavy (non-hydrogen) atoms. The van der Waals surface area contributed by atoms with Gasteiger partial charge in [-0.15, -0.1) is 0 Å². The number of ether oxygens (including phenoxy) is 1. The van der Waals surface area contributed by atoms with E-state index in [0.29, 0.717) is 6.54 Å². The Balaban J connectivity index is 2.12. The van der Waals surface area contributed by atoms with Crippen LogP contribution in [0.2, 0.25) is 0 Å². The smallest absolute Gasteiger partial charge is 0.320 e. The molecule has 104 valence electrons. The monoisotopic (exact) mass is 263 g/mol. The summed E-state index contributed by atoms with van der Waals surface area (Å²) in [6.07, 6.45) is 1.81. The lowest BCUT2D eigenvalue weighted by Gasteiger charge is -2.23. The number of hydrogen-bond acceptors (Lipinski definition) is 3. The molecule has 1 N–H and O–H groups in total. The average molecular weight is 263 g/mol. The van der Waals surface area contributed by atoms with Crippen LogP contribution in [-0.4, -0.2) is 34.7 Å². The molecular formula is C15H21NO3. The first-order chi connectivity index (χ1) is 9.08. The quantitative estimate of drug-likeness (QED) is 0.887. The first-order valence-corrected chi connectivity index (χ1v) is 6.79. The Hall–Kier alpha value is -1.55. The van der Waals surface area contributed by atoms with E-state index in [9.17, 15) is 9.90 Å². The van der Waals surface area contributed by atoms with Crippen molar-refractivity contribution < 1.29 is 14.6 Å². The number of carboxylic acids is 1. The van der Waals surface area contributed by atoms with Gasteiger partial charge in [0.25, 0.3) is 0 Å². The third-order valence-corrected chi connectivity index (χ3v) is 3.36. The number of para-hydroxylation sites is 1. The minimum Gasteiger partial charge on any atom is -0.491 e. The Morgan fingerprint density at radius 1 is 1.47 bits per heavy atom. The van der Waals surface area contributed by atoms with Gasteiger partial charge < -0.3 is 9.84 Å². The van der Waals surface area contributed by atoms with Crippen molar-refractivity contribution >= 4 is 5.97 Å². The number of likely N-dealkylation sites (tertiary alicyclic amines) is 1. The molecule has 1 aliphatic rings. The zero-order valence-electron chi connectivity index (χ0n) is 11.5. The summed E-state index contributed by atoms with van der Waals surface area (Å²) < 4.78 is 5.78. The van der Waals surface area contributed by atoms with Crippen LogP contribution in [-0.2, 0) is 11.3 Å². The standard InChI is InChI=1S/C15H21NO3/c1-11(2)19-14-8-4-3-6-12(14)10-16-9-5-7-13(16)15(17)18/h3-4,6,8,11,13H,5,7,9-10H2,1-2H3,(H,17,18)/t13-/m0/s1. The van der Waals surface area contributed by atoms with Crippen molar-refractivity contribution in [3.63, 3.8) is 0 Å². The van der Waals surface area contributed by atoms with Crippen molar-refractivity contribution in [3.05, 3.63) is 29.8 Å². The number of benzene rings is 1. The van der Waals surface area contributed by atoms with Crippen LogP contribution in [0.25, 0.3) is 0 Å². The number of hydrogen-bond donors (Lipinski definition) is 1. The average Bonchev–Trinajstić information content (AvgIpc) is 2.79. The van der Waals surface area contributed by atoms with Crippen LogP contribution in [0.1, 0.15) is 32.3 Å². The summed E-state index contributed by atoms with van der Waals surface area (Å²) in [5, 5.41) is 9.20. The van der Waals surface area contributed by atoms with Gasteiger partial charge in [-0.05, 0) is 39.3 Å². The molecule has 0 bridgehead atoms. The van der Waals surface area contributed by atoms with Gasteiger partial charge in [-0.1, -0.05) is 18.2 Å². The topological polar surface area (TPSA) is 49.8 Å². The number of rotatable bonds is 5. The van der Waals surface area contributed by atoms with Gasteiger partial charge in [0.1, 0.15) is 11.8 Å². The molecule has 0 spiro atoms. The molecule has 0 aliphatic carbocycles. The lowest BCUT2D eigenvalue weighted by Crippen LogP contribution is -2.35. The second-order valence-corrected chi connectivity index (χ2v) is 5.24. The van der Waals surface area contributed by atoms with Crippen LogP contribution >= 0.6 is 0 Å². The van der Waals surface area contributed by atoms with Crippen molar-refractivity contribution in [3.8, 4) is 5.75 Å². The summed E-state index contributed by atoms with van der Waals surface area (Å²) in [6, 6.07) is 7.51. The molecule has 1 aliphatic heterocycles. The Labute approximate surface area is 114 Å². The molecule has 0 amide bonds. The minimum absolute atomic E-state index is 0.120. The van der Waals surface area contributed by atoms with E-state index in [0.717, 1.165) is 30.7 Å². The van der Waals surface area contributed by atoms with Gasteiger partial charge in [-0.25, -0.2) is 0 Å². The number of nitrogens with zero attached hydrogens (tertiary/aromatic N) is 1. The maximum Gasteiger partial charge on any atom is 0.320 e. The predicted molar refractivity (Wildman–Crippen MR) is 73.3 cm³/mol. The highest BCUT2D eigenvalue weighted by Gasteiger charge is 2.30. The van der Waals surface area contributed by atoms with Crippen LogP contribution in [0.5, 0.6) is 5.75 Å². The molecule has 4 nitrogen and oxygen atoms in total. The number of carboxylic acid groups (broad SMARTS) is 1. The normalized spacial score (nSPS) is 19.8. The van der Waals surface area contributed by atoms with Crippen LogP contribution in [0, 0.1) is 0 Å². The van der Waals surface area contributed by atoms with Gasteiger partial charge in [0.05, 0.1) is 6.10 Å². The lowest BCUT2D eigenvalue weighted by molar-refractivity contribution is -0.142. The first-order valence-electron chi connectivity index (χ1n) is 6.79. The summed E-state index contributed by atoms with van der Waals surface area (Å²) in [7, 11) is 0. The van der Waals surface area contributed by atoms with E-state index >= 15 is 0 Å². The van der Waals surface area contributed by atoms with E-state index in [1.54, 1.807) is 0 Å². The van der Waals surface area contributed by atoms with E-state index in [4.69, 9.17) is 4.74 Å². The van der Waals surface area contributed by atoms with Crippen molar-refractivity contribution in [2.75, 3.05) is 6.54 Å². The van der Waals surface area contributed by atoms with Crippen LogP contribution in [0.4, 0.5) is 0 Å². The summed E-state index contributed by atoms with van der Waals surface area (Å²) >= 11 is 0. The Morgan fingerprint density at radius 3 is 2.89 bits per heavy atom. The van der Waals surface area contributed by atoms with Gasteiger partial charge in [-0.2, -0.15) is 0 Å². The van der Waals surface area contributed by atoms with E-state index in [2.05, 4.69) is 0 Å². The molecule has 1 aromatic carbocycles. The highest BCUT2D eigenvalue weighted by molar-refractivity contribution is 5.73. The van der Waals surface area contributed by atoms with Gasteiger partial charge in [0.2, 0.25) is 0 Å². The van der Waals surface area contributed by atoms with E-state index in [1.807, 2.05) is 43.0 Å². The van der Waals surface area contributed by atoms with Crippen molar-refractivity contribution in [1.29, 1.82) is 0 Å². The molecule has 0 radical (unpaired) electrons. The zero-order valence-corrected chi connectivity index (χ0v) is 11.5. The molecule has 1 aromatic rings. The minimum atomic E-state index is -0.722. The maximum absolute atomic E-state index is 11.2. The van der Waals surface area contributed by atoms with Gasteiger partial charge >= 0.3 is 5.97 Å². The molecule has 0 aromatic heterocycles. The lowest BCUT2D eigenvalue weighted by atomic mass is 10.1. The highest BCUT2D eigenvalue weighted by atomic mass is 16.5. The van der Waals surface area contributed by atoms with Crippen LogP contribution < -0.4 is 4.74 Å². The van der Waals surface area contributed by atoms with Crippen molar-refractivity contribution in [1.82, 2.24) is 4.90 Å². The molecule has 0 unspecified atom stereocenters. The largest absolute Gasteiger partial charge is 0.491 e. The third-order valence-electron chi connectivity index (χ3n) is 3.36. The summed E-state index contributed by atoms with van der Waals surface area (Å²) in [5.41, 5.74) is 1.06. The van der Waals surface area contributed by atoms with Gasteiger partial charge in [-0.3, -0.25) is 9.69 Å². The third kappa shape index (κ3) is 3.47. The fraction of sp³-hybridized carbons (Fsp3) is 0.533. The first kappa shape index (κ1) is 13.9. The second-order valence-electron chi connectivity index (χ2n) is 5.24. The fourth-order valence-electron chi connectivity index (χ4n) is 2.52. The van der Waals surface area contributed by atoms with E-state index in [-0.39, 0.29) is 12.1 Å². The second kappa shape index (κ2) is 6.06. The van der Waals surface area contributed by atoms with Crippen molar-refractivity contribution in [2.24, 2.45) is 0 Å². The van der Waals surface area contributed by atoms with Crippen LogP contribution in [0.3, 0.4) is 0 Å². The summed E-state index contributed by atoms with van der Waals surface area (Å²) in [6.45, 7) is 5.46. The zero-order chi connectivity index (χ0) is 13.8. The highest BCUT2D eigenvalue weighted by Crippen LogP contribution is 2.25. The molecular weight excluding hydrogens is 242 g/mol.